The number of hydrogen-bond acceptors (Lipinski definition) is 3. The predicted octanol–water partition coefficient (Wildman–Crippen LogP) is 2.34. The van der Waals surface area contributed by atoms with E-state index in [2.05, 4.69) is 5.32 Å². The zero-order valence-corrected chi connectivity index (χ0v) is 10.8. The van der Waals surface area contributed by atoms with Gasteiger partial charge in [-0.2, -0.15) is 0 Å². The van der Waals surface area contributed by atoms with Gasteiger partial charge in [0.15, 0.2) is 9.84 Å². The van der Waals surface area contributed by atoms with Crippen molar-refractivity contribution >= 4 is 15.5 Å². The Kier molecular flexibility index (Phi) is 3.56. The van der Waals surface area contributed by atoms with E-state index in [0.29, 0.717) is 12.8 Å². The molecule has 0 heterocycles. The van der Waals surface area contributed by atoms with E-state index in [4.69, 9.17) is 0 Å². The van der Waals surface area contributed by atoms with Crippen LogP contribution < -0.4 is 5.32 Å². The number of para-hydroxylation sites is 1. The van der Waals surface area contributed by atoms with Crippen LogP contribution in [-0.4, -0.2) is 26.0 Å². The molecule has 1 aromatic rings. The van der Waals surface area contributed by atoms with Crippen LogP contribution in [0.5, 0.6) is 0 Å². The van der Waals surface area contributed by atoms with E-state index in [9.17, 15) is 17.2 Å². The van der Waals surface area contributed by atoms with Crippen molar-refractivity contribution in [1.82, 2.24) is 0 Å². The molecule has 1 aromatic carbocycles. The molecule has 1 aliphatic carbocycles. The largest absolute Gasteiger partial charge is 0.376 e. The van der Waals surface area contributed by atoms with Crippen molar-refractivity contribution in [3.8, 4) is 0 Å². The Balaban J connectivity index is 2.24. The SMILES string of the molecule is CS(=O)(=O)C1CCCC1Nc1c(F)cccc1F. The van der Waals surface area contributed by atoms with Crippen molar-refractivity contribution in [3.63, 3.8) is 0 Å². The Morgan fingerprint density at radius 3 is 2.39 bits per heavy atom. The van der Waals surface area contributed by atoms with E-state index in [-0.39, 0.29) is 5.69 Å². The number of nitrogens with one attached hydrogen (secondary N) is 1. The molecular formula is C12H15F2NO2S. The van der Waals surface area contributed by atoms with Crippen LogP contribution in [-0.2, 0) is 9.84 Å². The average molecular weight is 275 g/mol. The third kappa shape index (κ3) is 2.63. The van der Waals surface area contributed by atoms with Crippen molar-refractivity contribution in [3.05, 3.63) is 29.8 Å². The highest BCUT2D eigenvalue weighted by atomic mass is 32.2. The second-order valence-electron chi connectivity index (χ2n) is 4.65. The topological polar surface area (TPSA) is 46.2 Å². The lowest BCUT2D eigenvalue weighted by molar-refractivity contribution is 0.567. The quantitative estimate of drug-likeness (QED) is 0.921. The zero-order valence-electron chi connectivity index (χ0n) is 9.99. The van der Waals surface area contributed by atoms with Crippen LogP contribution in [0, 0.1) is 11.6 Å². The molecule has 0 aliphatic heterocycles. The molecule has 1 fully saturated rings. The van der Waals surface area contributed by atoms with Gasteiger partial charge in [-0.3, -0.25) is 0 Å². The fraction of sp³-hybridized carbons (Fsp3) is 0.500. The van der Waals surface area contributed by atoms with Crippen LogP contribution in [0.2, 0.25) is 0 Å². The molecule has 1 aliphatic rings. The van der Waals surface area contributed by atoms with E-state index in [1.165, 1.54) is 6.07 Å². The number of anilines is 1. The Hall–Kier alpha value is -1.17. The first kappa shape index (κ1) is 13.3. The van der Waals surface area contributed by atoms with Gasteiger partial charge in [0, 0.05) is 12.3 Å². The lowest BCUT2D eigenvalue weighted by Gasteiger charge is -2.21. The lowest BCUT2D eigenvalue weighted by Crippen LogP contribution is -2.34. The van der Waals surface area contributed by atoms with Gasteiger partial charge in [-0.25, -0.2) is 17.2 Å². The van der Waals surface area contributed by atoms with Crippen molar-refractivity contribution in [2.75, 3.05) is 11.6 Å². The molecule has 6 heteroatoms. The minimum atomic E-state index is -3.20. The Morgan fingerprint density at radius 2 is 1.83 bits per heavy atom. The van der Waals surface area contributed by atoms with Crippen LogP contribution in [0.15, 0.2) is 18.2 Å². The molecule has 0 amide bonds. The third-order valence-corrected chi connectivity index (χ3v) is 4.96. The zero-order chi connectivity index (χ0) is 13.3. The van der Waals surface area contributed by atoms with Crippen molar-refractivity contribution in [2.45, 2.75) is 30.6 Å². The molecule has 3 nitrogen and oxygen atoms in total. The minimum absolute atomic E-state index is 0.238. The highest BCUT2D eigenvalue weighted by molar-refractivity contribution is 7.91. The second-order valence-corrected chi connectivity index (χ2v) is 6.91. The lowest BCUT2D eigenvalue weighted by atomic mass is 10.2. The first-order valence-corrected chi connectivity index (χ1v) is 7.74. The summed E-state index contributed by atoms with van der Waals surface area (Å²) in [5.74, 6) is -1.40. The van der Waals surface area contributed by atoms with Gasteiger partial charge in [0.1, 0.15) is 17.3 Å². The number of rotatable bonds is 3. The summed E-state index contributed by atoms with van der Waals surface area (Å²) >= 11 is 0. The molecular weight excluding hydrogens is 260 g/mol. The summed E-state index contributed by atoms with van der Waals surface area (Å²) in [6.07, 6.45) is 3.04. The number of hydrogen-bond donors (Lipinski definition) is 1. The van der Waals surface area contributed by atoms with Crippen LogP contribution in [0.25, 0.3) is 0 Å². The van der Waals surface area contributed by atoms with Gasteiger partial charge in [-0.05, 0) is 31.4 Å². The third-order valence-electron chi connectivity index (χ3n) is 3.29. The number of halogens is 2. The Morgan fingerprint density at radius 1 is 1.22 bits per heavy atom. The Labute approximate surface area is 105 Å². The molecule has 2 atom stereocenters. The molecule has 2 rings (SSSR count). The van der Waals surface area contributed by atoms with Gasteiger partial charge >= 0.3 is 0 Å². The average Bonchev–Trinajstić information content (AvgIpc) is 2.71. The van der Waals surface area contributed by atoms with Crippen LogP contribution in [0.4, 0.5) is 14.5 Å². The molecule has 0 bridgehead atoms. The molecule has 0 saturated heterocycles. The van der Waals surface area contributed by atoms with Crippen LogP contribution in [0.3, 0.4) is 0 Å². The smallest absolute Gasteiger partial charge is 0.152 e. The summed E-state index contributed by atoms with van der Waals surface area (Å²) in [5.41, 5.74) is -0.238. The Bertz CT molecular complexity index is 525. The van der Waals surface area contributed by atoms with Gasteiger partial charge < -0.3 is 5.32 Å². The minimum Gasteiger partial charge on any atom is -0.376 e. The standard InChI is InChI=1S/C12H15F2NO2S/c1-18(16,17)11-7-3-6-10(11)15-12-8(13)4-2-5-9(12)14/h2,4-5,10-11,15H,3,6-7H2,1H3. The molecule has 0 spiro atoms. The maximum absolute atomic E-state index is 13.5. The van der Waals surface area contributed by atoms with Gasteiger partial charge in [-0.1, -0.05) is 6.07 Å². The van der Waals surface area contributed by atoms with Gasteiger partial charge in [0.25, 0.3) is 0 Å². The van der Waals surface area contributed by atoms with Gasteiger partial charge in [-0.15, -0.1) is 0 Å². The second kappa shape index (κ2) is 4.84. The molecule has 1 saturated carbocycles. The van der Waals surface area contributed by atoms with Crippen molar-refractivity contribution in [1.29, 1.82) is 0 Å². The van der Waals surface area contributed by atoms with E-state index in [1.54, 1.807) is 0 Å². The summed E-state index contributed by atoms with van der Waals surface area (Å²) in [6.45, 7) is 0. The van der Waals surface area contributed by atoms with E-state index < -0.39 is 32.8 Å². The van der Waals surface area contributed by atoms with E-state index >= 15 is 0 Å². The highest BCUT2D eigenvalue weighted by Gasteiger charge is 2.35. The molecule has 2 unspecified atom stereocenters. The summed E-state index contributed by atoms with van der Waals surface area (Å²) < 4.78 is 50.1. The summed E-state index contributed by atoms with van der Waals surface area (Å²) in [7, 11) is -3.20. The van der Waals surface area contributed by atoms with E-state index in [1.807, 2.05) is 0 Å². The molecule has 0 aromatic heterocycles. The van der Waals surface area contributed by atoms with Gasteiger partial charge in [0.05, 0.1) is 5.25 Å². The predicted molar refractivity (Wildman–Crippen MR) is 66.3 cm³/mol. The van der Waals surface area contributed by atoms with Crippen molar-refractivity contribution < 1.29 is 17.2 Å². The molecule has 1 N–H and O–H groups in total. The maximum atomic E-state index is 13.5. The summed E-state index contributed by atoms with van der Waals surface area (Å²) in [5, 5.41) is 2.13. The normalized spacial score (nSPS) is 24.2. The number of sulfone groups is 1. The monoisotopic (exact) mass is 275 g/mol. The van der Waals surface area contributed by atoms with Crippen LogP contribution >= 0.6 is 0 Å². The highest BCUT2D eigenvalue weighted by Crippen LogP contribution is 2.29. The fourth-order valence-electron chi connectivity index (χ4n) is 2.42. The first-order valence-electron chi connectivity index (χ1n) is 5.79. The van der Waals surface area contributed by atoms with E-state index in [0.717, 1.165) is 24.8 Å². The fourth-order valence-corrected chi connectivity index (χ4v) is 3.82. The first-order chi connectivity index (χ1) is 8.39. The maximum Gasteiger partial charge on any atom is 0.152 e. The summed E-state index contributed by atoms with van der Waals surface area (Å²) in [4.78, 5) is 0. The summed E-state index contributed by atoms with van der Waals surface area (Å²) in [6, 6.07) is 3.15. The van der Waals surface area contributed by atoms with Crippen LogP contribution in [0.1, 0.15) is 19.3 Å². The molecule has 100 valence electrons. The van der Waals surface area contributed by atoms with Gasteiger partial charge in [0.2, 0.25) is 0 Å². The number of benzene rings is 1. The molecule has 18 heavy (non-hydrogen) atoms. The molecule has 0 radical (unpaired) electrons. The van der Waals surface area contributed by atoms with Crippen molar-refractivity contribution in [2.24, 2.45) is 0 Å².